The minimum Gasteiger partial charge on any atom is -0.387 e. The van der Waals surface area contributed by atoms with Gasteiger partial charge in [0.25, 0.3) is 5.91 Å². The number of carbonyl (C=O) groups excluding carboxylic acids is 1. The Kier molecular flexibility index (Phi) is 6.84. The van der Waals surface area contributed by atoms with Crippen LogP contribution in [0.3, 0.4) is 0 Å². The average molecular weight is 482 g/mol. The largest absolute Gasteiger partial charge is 0.417 e. The number of hydrogen-bond donors (Lipinski definition) is 2. The van der Waals surface area contributed by atoms with Crippen molar-refractivity contribution in [2.24, 2.45) is 0 Å². The number of aliphatic hydroxyl groups is 1. The van der Waals surface area contributed by atoms with Crippen molar-refractivity contribution in [1.82, 2.24) is 5.32 Å². The fourth-order valence-corrected chi connectivity index (χ4v) is 4.18. The lowest BCUT2D eigenvalue weighted by atomic mass is 9.76. The molecule has 1 aliphatic carbocycles. The molecule has 1 saturated carbocycles. The lowest BCUT2D eigenvalue weighted by Gasteiger charge is -2.41. The van der Waals surface area contributed by atoms with Crippen molar-refractivity contribution in [3.63, 3.8) is 0 Å². The van der Waals surface area contributed by atoms with Crippen LogP contribution in [-0.4, -0.2) is 22.8 Å². The van der Waals surface area contributed by atoms with Gasteiger partial charge in [0.1, 0.15) is 12.0 Å². The standard InChI is InChI=1S/C21H18Cl2F5NO2/c22-11-4-5-13(15(10-11)21(26,27)28)19(30)29-18(14-2-1-3-16(25)17(14)23)20(31)8-6-12(24)7-9-20/h1-5,10,12,18,31H,6-9H2,(H,29,30)/t12-,18?,20-. The fraction of sp³-hybridized carbons (Fsp3) is 0.381. The van der Waals surface area contributed by atoms with Crippen molar-refractivity contribution >= 4 is 29.1 Å². The van der Waals surface area contributed by atoms with Crippen molar-refractivity contribution in [2.75, 3.05) is 0 Å². The second kappa shape index (κ2) is 8.92. The Morgan fingerprint density at radius 3 is 2.42 bits per heavy atom. The Morgan fingerprint density at radius 1 is 1.16 bits per heavy atom. The van der Waals surface area contributed by atoms with Crippen LogP contribution in [0.4, 0.5) is 22.0 Å². The molecular formula is C21H18Cl2F5NO2. The Bertz CT molecular complexity index is 975. The smallest absolute Gasteiger partial charge is 0.387 e. The van der Waals surface area contributed by atoms with Gasteiger partial charge in [-0.25, -0.2) is 8.78 Å². The molecule has 2 N–H and O–H groups in total. The van der Waals surface area contributed by atoms with Gasteiger partial charge in [0.05, 0.1) is 27.8 Å². The van der Waals surface area contributed by atoms with E-state index < -0.39 is 51.9 Å². The number of amides is 1. The SMILES string of the molecule is O=C(NC(c1cccc(F)c1Cl)[C@]1(O)CC[C@H](F)CC1)c1ccc(Cl)cc1C(F)(F)F. The number of halogens is 7. The van der Waals surface area contributed by atoms with Gasteiger partial charge in [-0.05, 0) is 55.5 Å². The van der Waals surface area contributed by atoms with Crippen LogP contribution in [0.1, 0.15) is 53.2 Å². The average Bonchev–Trinajstić information content (AvgIpc) is 2.70. The second-order valence-corrected chi connectivity index (χ2v) is 8.33. The number of benzene rings is 2. The van der Waals surface area contributed by atoms with Crippen LogP contribution in [0, 0.1) is 5.82 Å². The first-order valence-electron chi connectivity index (χ1n) is 9.40. The van der Waals surface area contributed by atoms with Crippen molar-refractivity contribution in [3.8, 4) is 0 Å². The summed E-state index contributed by atoms with van der Waals surface area (Å²) in [5, 5.41) is 12.9. The van der Waals surface area contributed by atoms with Crippen molar-refractivity contribution in [2.45, 2.75) is 49.7 Å². The first kappa shape index (κ1) is 23.8. The molecule has 0 bridgehead atoms. The molecule has 1 unspecified atom stereocenters. The van der Waals surface area contributed by atoms with Crippen molar-refractivity contribution < 1.29 is 31.9 Å². The van der Waals surface area contributed by atoms with Crippen LogP contribution in [0.25, 0.3) is 0 Å². The molecule has 0 heterocycles. The van der Waals surface area contributed by atoms with Crippen LogP contribution >= 0.6 is 23.2 Å². The monoisotopic (exact) mass is 481 g/mol. The molecule has 31 heavy (non-hydrogen) atoms. The summed E-state index contributed by atoms with van der Waals surface area (Å²) >= 11 is 11.7. The Balaban J connectivity index is 2.04. The Hall–Kier alpha value is -1.90. The summed E-state index contributed by atoms with van der Waals surface area (Å²) in [6, 6.07) is 4.99. The molecule has 10 heteroatoms. The molecule has 0 aromatic heterocycles. The molecule has 1 fully saturated rings. The van der Waals surface area contributed by atoms with E-state index in [0.29, 0.717) is 6.07 Å². The molecule has 168 valence electrons. The van der Waals surface area contributed by atoms with Gasteiger partial charge in [-0.3, -0.25) is 4.79 Å². The van der Waals surface area contributed by atoms with Crippen LogP contribution in [-0.2, 0) is 6.18 Å². The number of carbonyl (C=O) groups is 1. The Labute approximate surface area is 185 Å². The van der Waals surface area contributed by atoms with Gasteiger partial charge in [-0.15, -0.1) is 0 Å². The third kappa shape index (κ3) is 5.13. The zero-order valence-electron chi connectivity index (χ0n) is 15.9. The quantitative estimate of drug-likeness (QED) is 0.505. The number of alkyl halides is 4. The van der Waals surface area contributed by atoms with Gasteiger partial charge in [0, 0.05) is 5.02 Å². The maximum atomic E-state index is 14.1. The molecule has 2 aromatic carbocycles. The minimum absolute atomic E-state index is 0.0163. The zero-order chi connectivity index (χ0) is 23.0. The van der Waals surface area contributed by atoms with Crippen LogP contribution in [0.15, 0.2) is 36.4 Å². The number of hydrogen-bond acceptors (Lipinski definition) is 2. The van der Waals surface area contributed by atoms with E-state index in [0.717, 1.165) is 18.2 Å². The molecule has 0 aliphatic heterocycles. The van der Waals surface area contributed by atoms with Gasteiger partial charge in [-0.2, -0.15) is 13.2 Å². The molecule has 2 aromatic rings. The molecular weight excluding hydrogens is 464 g/mol. The van der Waals surface area contributed by atoms with E-state index in [2.05, 4.69) is 5.32 Å². The van der Waals surface area contributed by atoms with Gasteiger partial charge in [-0.1, -0.05) is 35.3 Å². The molecule has 1 amide bonds. The molecule has 1 atom stereocenters. The van der Waals surface area contributed by atoms with Crippen molar-refractivity contribution in [1.29, 1.82) is 0 Å². The third-order valence-corrected chi connectivity index (χ3v) is 6.05. The normalized spacial score (nSPS) is 22.8. The summed E-state index contributed by atoms with van der Waals surface area (Å²) < 4.78 is 68.0. The van der Waals surface area contributed by atoms with Gasteiger partial charge < -0.3 is 10.4 Å². The summed E-state index contributed by atoms with van der Waals surface area (Å²) in [5.74, 6) is -1.99. The summed E-state index contributed by atoms with van der Waals surface area (Å²) in [5.41, 5.74) is -3.74. The number of nitrogens with one attached hydrogen (secondary N) is 1. The lowest BCUT2D eigenvalue weighted by molar-refractivity contribution is -0.137. The molecule has 0 radical (unpaired) electrons. The first-order chi connectivity index (χ1) is 14.4. The van der Waals surface area contributed by atoms with Crippen molar-refractivity contribution in [3.05, 3.63) is 69.0 Å². The molecule has 0 saturated heterocycles. The predicted molar refractivity (Wildman–Crippen MR) is 106 cm³/mol. The van der Waals surface area contributed by atoms with Crippen LogP contribution in [0.5, 0.6) is 0 Å². The summed E-state index contributed by atoms with van der Waals surface area (Å²) in [4.78, 5) is 12.9. The summed E-state index contributed by atoms with van der Waals surface area (Å²) in [7, 11) is 0. The second-order valence-electron chi connectivity index (χ2n) is 7.52. The first-order valence-corrected chi connectivity index (χ1v) is 10.2. The van der Waals surface area contributed by atoms with Crippen LogP contribution in [0.2, 0.25) is 10.0 Å². The van der Waals surface area contributed by atoms with E-state index in [4.69, 9.17) is 23.2 Å². The zero-order valence-corrected chi connectivity index (χ0v) is 17.5. The maximum absolute atomic E-state index is 14.1. The Morgan fingerprint density at radius 2 is 1.81 bits per heavy atom. The highest BCUT2D eigenvalue weighted by atomic mass is 35.5. The van der Waals surface area contributed by atoms with E-state index in [-0.39, 0.29) is 36.3 Å². The van der Waals surface area contributed by atoms with Gasteiger partial charge >= 0.3 is 6.18 Å². The topological polar surface area (TPSA) is 49.3 Å². The van der Waals surface area contributed by atoms with E-state index >= 15 is 0 Å². The predicted octanol–water partition coefficient (Wildman–Crippen LogP) is 6.27. The van der Waals surface area contributed by atoms with E-state index in [1.165, 1.54) is 12.1 Å². The van der Waals surface area contributed by atoms with Crippen LogP contribution < -0.4 is 5.32 Å². The minimum atomic E-state index is -4.87. The molecule has 0 spiro atoms. The molecule has 3 rings (SSSR count). The van der Waals surface area contributed by atoms with E-state index in [9.17, 15) is 31.9 Å². The highest BCUT2D eigenvalue weighted by Crippen LogP contribution is 2.42. The third-order valence-electron chi connectivity index (χ3n) is 5.42. The fourth-order valence-electron chi connectivity index (χ4n) is 3.77. The highest BCUT2D eigenvalue weighted by Gasteiger charge is 2.44. The van der Waals surface area contributed by atoms with Gasteiger partial charge in [0.2, 0.25) is 0 Å². The number of rotatable bonds is 4. The lowest BCUT2D eigenvalue weighted by Crippen LogP contribution is -2.49. The molecule has 3 nitrogen and oxygen atoms in total. The summed E-state index contributed by atoms with van der Waals surface area (Å²) in [6.45, 7) is 0. The summed E-state index contributed by atoms with van der Waals surface area (Å²) in [6.07, 6.45) is -6.27. The highest BCUT2D eigenvalue weighted by molar-refractivity contribution is 6.31. The van der Waals surface area contributed by atoms with Gasteiger partial charge in [0.15, 0.2) is 0 Å². The van der Waals surface area contributed by atoms with E-state index in [1.54, 1.807) is 0 Å². The maximum Gasteiger partial charge on any atom is 0.417 e. The van der Waals surface area contributed by atoms with E-state index in [1.807, 2.05) is 0 Å². The molecule has 1 aliphatic rings.